The van der Waals surface area contributed by atoms with Crippen LogP contribution in [0.1, 0.15) is 66.2 Å². The van der Waals surface area contributed by atoms with Crippen LogP contribution in [0.2, 0.25) is 0 Å². The first-order chi connectivity index (χ1) is 16.4. The molecule has 0 N–H and O–H groups in total. The Morgan fingerprint density at radius 2 is 1.65 bits per heavy atom. The van der Waals surface area contributed by atoms with Gasteiger partial charge < -0.3 is 4.90 Å². The van der Waals surface area contributed by atoms with Crippen LogP contribution in [0.5, 0.6) is 0 Å². The number of amides is 1. The van der Waals surface area contributed by atoms with Gasteiger partial charge in [0, 0.05) is 37.7 Å². The summed E-state index contributed by atoms with van der Waals surface area (Å²) in [6, 6.07) is 14.7. The molecule has 5 rings (SSSR count). The Kier molecular flexibility index (Phi) is 6.73. The van der Waals surface area contributed by atoms with E-state index in [0.717, 1.165) is 49.0 Å². The number of hydrogen-bond acceptors (Lipinski definition) is 5. The number of rotatable bonds is 5. The maximum Gasteiger partial charge on any atom is 0.253 e. The summed E-state index contributed by atoms with van der Waals surface area (Å²) in [4.78, 5) is 20.0. The van der Waals surface area contributed by atoms with E-state index in [2.05, 4.69) is 6.07 Å². The second-order valence-electron chi connectivity index (χ2n) is 9.42. The lowest BCUT2D eigenvalue weighted by molar-refractivity contribution is 0.0713. The number of likely N-dealkylation sites (tertiary alicyclic amines) is 1. The van der Waals surface area contributed by atoms with E-state index >= 15 is 0 Å². The van der Waals surface area contributed by atoms with Crippen molar-refractivity contribution in [2.24, 2.45) is 0 Å². The highest BCUT2D eigenvalue weighted by molar-refractivity contribution is 7.89. The van der Waals surface area contributed by atoms with Crippen molar-refractivity contribution in [1.82, 2.24) is 14.2 Å². The number of para-hydroxylation sites is 1. The molecule has 34 heavy (non-hydrogen) atoms. The molecule has 0 spiro atoms. The van der Waals surface area contributed by atoms with E-state index in [9.17, 15) is 13.2 Å². The molecule has 0 radical (unpaired) electrons. The summed E-state index contributed by atoms with van der Waals surface area (Å²) in [5, 5.41) is 1.16. The lowest BCUT2D eigenvalue weighted by atomic mass is 9.96. The molecule has 180 valence electrons. The number of nitrogens with zero attached hydrogens (tertiary/aromatic N) is 3. The maximum atomic E-state index is 13.1. The molecular formula is C26H31N3O3S2. The van der Waals surface area contributed by atoms with Gasteiger partial charge in [-0.25, -0.2) is 13.4 Å². The fraction of sp³-hybridized carbons (Fsp3) is 0.462. The minimum absolute atomic E-state index is 0.0349. The number of hydrogen-bond donors (Lipinski definition) is 0. The van der Waals surface area contributed by atoms with E-state index in [-0.39, 0.29) is 16.8 Å². The Bertz CT molecular complexity index is 1220. The number of benzene rings is 2. The molecule has 1 saturated carbocycles. The molecule has 1 saturated heterocycles. The summed E-state index contributed by atoms with van der Waals surface area (Å²) in [5.74, 6) is 0.344. The predicted octanol–water partition coefficient (Wildman–Crippen LogP) is 5.27. The zero-order valence-electron chi connectivity index (χ0n) is 19.5. The molecule has 0 unspecified atom stereocenters. The molecule has 1 aliphatic carbocycles. The van der Waals surface area contributed by atoms with Crippen molar-refractivity contribution < 1.29 is 13.2 Å². The van der Waals surface area contributed by atoms with Crippen LogP contribution < -0.4 is 0 Å². The first-order valence-electron chi connectivity index (χ1n) is 12.2. The predicted molar refractivity (Wildman–Crippen MR) is 136 cm³/mol. The van der Waals surface area contributed by atoms with Crippen LogP contribution in [0.3, 0.4) is 0 Å². The zero-order valence-corrected chi connectivity index (χ0v) is 21.2. The number of thiazole rings is 1. The van der Waals surface area contributed by atoms with Gasteiger partial charge in [-0.3, -0.25) is 4.79 Å². The van der Waals surface area contributed by atoms with Gasteiger partial charge in [0.05, 0.1) is 20.1 Å². The summed E-state index contributed by atoms with van der Waals surface area (Å²) < 4.78 is 28.9. The lowest BCUT2D eigenvalue weighted by Gasteiger charge is -2.31. The van der Waals surface area contributed by atoms with Crippen molar-refractivity contribution in [2.45, 2.75) is 61.8 Å². The van der Waals surface area contributed by atoms with Crippen LogP contribution in [0.4, 0.5) is 0 Å². The van der Waals surface area contributed by atoms with E-state index in [1.807, 2.05) is 23.1 Å². The van der Waals surface area contributed by atoms with E-state index in [4.69, 9.17) is 4.98 Å². The second-order valence-corrected chi connectivity index (χ2v) is 12.5. The minimum atomic E-state index is -3.55. The SMILES string of the molecule is CN(C1CCCCC1)S(=O)(=O)c1ccc(C(=O)N2CCC(c3nc4ccccc4s3)CC2)cc1. The standard InChI is InChI=1S/C26H31N3O3S2/c1-28(21-7-3-2-4-8-21)34(31,32)22-13-11-20(12-14-22)26(30)29-17-15-19(16-18-29)25-27-23-9-5-6-10-24(23)33-25/h5-6,9-14,19,21H,2-4,7-8,15-18H2,1H3. The summed E-state index contributed by atoms with van der Waals surface area (Å²) in [6.45, 7) is 1.37. The average Bonchev–Trinajstić information content (AvgIpc) is 3.33. The number of aromatic nitrogens is 1. The Hall–Kier alpha value is -2.29. The Morgan fingerprint density at radius 3 is 2.32 bits per heavy atom. The smallest absolute Gasteiger partial charge is 0.253 e. The molecule has 2 aliphatic rings. The van der Waals surface area contributed by atoms with Crippen molar-refractivity contribution in [3.8, 4) is 0 Å². The van der Waals surface area contributed by atoms with Crippen LogP contribution in [-0.2, 0) is 10.0 Å². The number of fused-ring (bicyclic) bond motifs is 1. The van der Waals surface area contributed by atoms with Crippen LogP contribution in [0.25, 0.3) is 10.2 Å². The minimum Gasteiger partial charge on any atom is -0.339 e. The molecule has 2 heterocycles. The van der Waals surface area contributed by atoms with Crippen LogP contribution in [0, 0.1) is 0 Å². The highest BCUT2D eigenvalue weighted by atomic mass is 32.2. The Balaban J connectivity index is 1.22. The fourth-order valence-electron chi connectivity index (χ4n) is 5.15. The van der Waals surface area contributed by atoms with Crippen molar-refractivity contribution in [3.05, 3.63) is 59.1 Å². The van der Waals surface area contributed by atoms with Crippen molar-refractivity contribution in [2.75, 3.05) is 20.1 Å². The van der Waals surface area contributed by atoms with Gasteiger partial charge in [-0.2, -0.15) is 4.31 Å². The molecule has 0 atom stereocenters. The third-order valence-corrected chi connectivity index (χ3v) is 10.4. The molecule has 1 aromatic heterocycles. The highest BCUT2D eigenvalue weighted by Crippen LogP contribution is 2.34. The van der Waals surface area contributed by atoms with Gasteiger partial charge in [0.1, 0.15) is 0 Å². The molecule has 2 fully saturated rings. The van der Waals surface area contributed by atoms with Crippen molar-refractivity contribution >= 4 is 37.5 Å². The quantitative estimate of drug-likeness (QED) is 0.482. The average molecular weight is 498 g/mol. The molecule has 1 amide bonds. The summed E-state index contributed by atoms with van der Waals surface area (Å²) in [6.07, 6.45) is 6.95. The Morgan fingerprint density at radius 1 is 0.971 bits per heavy atom. The van der Waals surface area contributed by atoms with Gasteiger partial charge in [0.25, 0.3) is 5.91 Å². The van der Waals surface area contributed by atoms with E-state index in [0.29, 0.717) is 24.6 Å². The zero-order chi connectivity index (χ0) is 23.7. The lowest BCUT2D eigenvalue weighted by Crippen LogP contribution is -2.38. The molecule has 2 aromatic carbocycles. The van der Waals surface area contributed by atoms with Gasteiger partial charge in [0.15, 0.2) is 0 Å². The summed E-state index contributed by atoms with van der Waals surface area (Å²) >= 11 is 1.75. The number of sulfonamides is 1. The molecule has 0 bridgehead atoms. The third-order valence-electron chi connectivity index (χ3n) is 7.31. The maximum absolute atomic E-state index is 13.1. The highest BCUT2D eigenvalue weighted by Gasteiger charge is 2.30. The first-order valence-corrected chi connectivity index (χ1v) is 14.4. The number of carbonyl (C=O) groups is 1. The normalized spacial score (nSPS) is 18.6. The molecular weight excluding hydrogens is 466 g/mol. The van der Waals surface area contributed by atoms with Crippen LogP contribution >= 0.6 is 11.3 Å². The van der Waals surface area contributed by atoms with Crippen molar-refractivity contribution in [1.29, 1.82) is 0 Å². The van der Waals surface area contributed by atoms with Gasteiger partial charge >= 0.3 is 0 Å². The summed E-state index contributed by atoms with van der Waals surface area (Å²) in [5.41, 5.74) is 1.59. The van der Waals surface area contributed by atoms with Crippen LogP contribution in [0.15, 0.2) is 53.4 Å². The molecule has 3 aromatic rings. The van der Waals surface area contributed by atoms with Crippen molar-refractivity contribution in [3.63, 3.8) is 0 Å². The molecule has 6 nitrogen and oxygen atoms in total. The van der Waals surface area contributed by atoms with E-state index < -0.39 is 10.0 Å². The van der Waals surface area contributed by atoms with Gasteiger partial charge in [0.2, 0.25) is 10.0 Å². The number of carbonyl (C=O) groups excluding carboxylic acids is 1. The molecule has 8 heteroatoms. The largest absolute Gasteiger partial charge is 0.339 e. The Labute approximate surface area is 205 Å². The van der Waals surface area contributed by atoms with Gasteiger partial charge in [-0.05, 0) is 62.1 Å². The second kappa shape index (κ2) is 9.76. The first kappa shape index (κ1) is 23.5. The summed E-state index contributed by atoms with van der Waals surface area (Å²) in [7, 11) is -1.87. The topological polar surface area (TPSA) is 70.6 Å². The van der Waals surface area contributed by atoms with Gasteiger partial charge in [-0.15, -0.1) is 11.3 Å². The van der Waals surface area contributed by atoms with Crippen LogP contribution in [-0.4, -0.2) is 54.7 Å². The monoisotopic (exact) mass is 497 g/mol. The van der Waals surface area contributed by atoms with Gasteiger partial charge in [-0.1, -0.05) is 31.4 Å². The van der Waals surface area contributed by atoms with E-state index in [1.54, 1.807) is 42.6 Å². The molecule has 1 aliphatic heterocycles. The fourth-order valence-corrected chi connectivity index (χ4v) is 7.71. The number of piperidine rings is 1. The van der Waals surface area contributed by atoms with E-state index in [1.165, 1.54) is 15.4 Å². The third kappa shape index (κ3) is 4.63.